The van der Waals surface area contributed by atoms with E-state index in [1.165, 1.54) is 0 Å². The van der Waals surface area contributed by atoms with Crippen molar-refractivity contribution in [2.24, 2.45) is 0 Å². The van der Waals surface area contributed by atoms with Gasteiger partial charge < -0.3 is 10.1 Å². The summed E-state index contributed by atoms with van der Waals surface area (Å²) in [5.41, 5.74) is 0. The van der Waals surface area contributed by atoms with Crippen LogP contribution in [0.1, 0.15) is 6.42 Å². The van der Waals surface area contributed by atoms with Crippen molar-refractivity contribution in [3.63, 3.8) is 0 Å². The molecule has 1 fully saturated rings. The summed E-state index contributed by atoms with van der Waals surface area (Å²) in [6.45, 7) is 1.55. The van der Waals surface area contributed by atoms with Crippen molar-refractivity contribution in [1.29, 1.82) is 0 Å². The van der Waals surface area contributed by atoms with E-state index in [4.69, 9.17) is 4.74 Å². The van der Waals surface area contributed by atoms with Crippen molar-refractivity contribution < 1.29 is 18.5 Å². The van der Waals surface area contributed by atoms with Crippen LogP contribution in [-0.2, 0) is 14.6 Å². The van der Waals surface area contributed by atoms with Crippen molar-refractivity contribution in [1.82, 2.24) is 0 Å². The van der Waals surface area contributed by atoms with E-state index in [9.17, 15) is 8.42 Å². The minimum absolute atomic E-state index is 0.269. The Morgan fingerprint density at radius 1 is 1.58 bits per heavy atom. The van der Waals surface area contributed by atoms with Crippen LogP contribution >= 0.6 is 0 Å². The van der Waals surface area contributed by atoms with E-state index in [0.717, 1.165) is 13.0 Å². The smallest absolute Gasteiger partial charge is 0.156 e. The summed E-state index contributed by atoms with van der Waals surface area (Å²) in [5.74, 6) is 0.706. The van der Waals surface area contributed by atoms with Crippen LogP contribution in [0, 0.1) is 0 Å². The summed E-state index contributed by atoms with van der Waals surface area (Å²) in [6, 6.07) is 0.269. The Bertz CT molecular complexity index is 225. The Morgan fingerprint density at radius 2 is 2.33 bits per heavy atom. The minimum Gasteiger partial charge on any atom is -0.379 e. The van der Waals surface area contributed by atoms with Gasteiger partial charge in [-0.3, -0.25) is 0 Å². The highest BCUT2D eigenvalue weighted by molar-refractivity contribution is 7.91. The highest BCUT2D eigenvalue weighted by atomic mass is 32.2. The molecule has 1 heterocycles. The molecule has 0 radical (unpaired) electrons. The lowest BCUT2D eigenvalue weighted by molar-refractivity contribution is -0.685. The van der Waals surface area contributed by atoms with Crippen molar-refractivity contribution in [2.45, 2.75) is 12.5 Å². The van der Waals surface area contributed by atoms with Gasteiger partial charge in [0.1, 0.15) is 11.8 Å². The molecule has 0 aliphatic carbocycles. The summed E-state index contributed by atoms with van der Waals surface area (Å²) in [5, 5.41) is 2.06. The van der Waals surface area contributed by atoms with Crippen LogP contribution in [0.5, 0.6) is 0 Å². The Morgan fingerprint density at radius 3 is 2.83 bits per heavy atom. The Hall–Kier alpha value is -0.130. The summed E-state index contributed by atoms with van der Waals surface area (Å²) in [6.07, 6.45) is 0.798. The Balaban J connectivity index is 2.20. The molecule has 72 valence electrons. The third-order valence-electron chi connectivity index (χ3n) is 2.09. The average Bonchev–Trinajstić information content (AvgIpc) is 2.31. The fourth-order valence-electron chi connectivity index (χ4n) is 1.43. The van der Waals surface area contributed by atoms with E-state index in [2.05, 4.69) is 5.32 Å². The first kappa shape index (κ1) is 9.95. The maximum Gasteiger partial charge on any atom is 0.156 e. The lowest BCUT2D eigenvalue weighted by Gasteiger charge is -2.05. The van der Waals surface area contributed by atoms with Crippen LogP contribution in [0.3, 0.4) is 0 Å². The fraction of sp³-hybridized carbons (Fsp3) is 1.00. The second-order valence-electron chi connectivity index (χ2n) is 3.18. The molecule has 4 nitrogen and oxygen atoms in total. The molecule has 1 atom stereocenters. The van der Waals surface area contributed by atoms with Gasteiger partial charge in [-0.05, 0) is 0 Å². The maximum atomic E-state index is 11.0. The molecule has 0 amide bonds. The van der Waals surface area contributed by atoms with Crippen molar-refractivity contribution in [2.75, 3.05) is 31.8 Å². The van der Waals surface area contributed by atoms with E-state index in [1.54, 1.807) is 7.11 Å². The van der Waals surface area contributed by atoms with Crippen molar-refractivity contribution >= 4 is 9.84 Å². The standard InChI is InChI=1S/C7H15NO3S/c1-11-4-3-8-7-2-5-12(9,10)6-7/h7-8H,2-6H2,1H3/p+1/t7-/m1/s1. The quantitative estimate of drug-likeness (QED) is 0.547. The number of nitrogens with two attached hydrogens (primary N) is 1. The van der Waals surface area contributed by atoms with E-state index in [1.807, 2.05) is 0 Å². The van der Waals surface area contributed by atoms with Gasteiger partial charge in [0.25, 0.3) is 0 Å². The van der Waals surface area contributed by atoms with Gasteiger partial charge in [0.15, 0.2) is 9.84 Å². The molecular formula is C7H16NO3S+. The first-order valence-corrected chi connectivity index (χ1v) is 5.99. The molecule has 1 aliphatic heterocycles. The van der Waals surface area contributed by atoms with Gasteiger partial charge in [-0.15, -0.1) is 0 Å². The molecule has 5 heteroatoms. The number of rotatable bonds is 4. The normalized spacial score (nSPS) is 27.6. The van der Waals surface area contributed by atoms with Crippen LogP contribution in [0.25, 0.3) is 0 Å². The molecule has 0 aromatic carbocycles. The largest absolute Gasteiger partial charge is 0.379 e. The third kappa shape index (κ3) is 3.08. The van der Waals surface area contributed by atoms with Gasteiger partial charge in [0.2, 0.25) is 0 Å². The third-order valence-corrected chi connectivity index (χ3v) is 3.88. The summed E-state index contributed by atoms with van der Waals surface area (Å²) < 4.78 is 26.9. The molecule has 0 saturated carbocycles. The zero-order chi connectivity index (χ0) is 9.03. The predicted octanol–water partition coefficient (Wildman–Crippen LogP) is -1.62. The molecular weight excluding hydrogens is 178 g/mol. The van der Waals surface area contributed by atoms with Crippen molar-refractivity contribution in [3.8, 4) is 0 Å². The monoisotopic (exact) mass is 194 g/mol. The van der Waals surface area contributed by atoms with E-state index in [0.29, 0.717) is 18.1 Å². The van der Waals surface area contributed by atoms with E-state index < -0.39 is 9.84 Å². The van der Waals surface area contributed by atoms with Crippen LogP contribution in [0.4, 0.5) is 0 Å². The molecule has 1 rings (SSSR count). The number of hydrogen-bond donors (Lipinski definition) is 1. The molecule has 0 bridgehead atoms. The van der Waals surface area contributed by atoms with E-state index >= 15 is 0 Å². The second-order valence-corrected chi connectivity index (χ2v) is 5.41. The molecule has 1 aliphatic rings. The molecule has 0 aromatic heterocycles. The summed E-state index contributed by atoms with van der Waals surface area (Å²) >= 11 is 0. The van der Waals surface area contributed by atoms with Gasteiger partial charge in [-0.25, -0.2) is 8.42 Å². The topological polar surface area (TPSA) is 60.0 Å². The minimum atomic E-state index is -2.70. The first-order chi connectivity index (χ1) is 5.64. The van der Waals surface area contributed by atoms with Gasteiger partial charge in [-0.1, -0.05) is 0 Å². The number of sulfone groups is 1. The van der Waals surface area contributed by atoms with Crippen LogP contribution in [-0.4, -0.2) is 46.2 Å². The fourth-order valence-corrected chi connectivity index (χ4v) is 3.21. The number of quaternary nitrogens is 1. The van der Waals surface area contributed by atoms with Crippen molar-refractivity contribution in [3.05, 3.63) is 0 Å². The molecule has 12 heavy (non-hydrogen) atoms. The van der Waals surface area contributed by atoms with Crippen LogP contribution in [0.15, 0.2) is 0 Å². The zero-order valence-electron chi connectivity index (χ0n) is 7.32. The molecule has 2 N–H and O–H groups in total. The lowest BCUT2D eigenvalue weighted by Crippen LogP contribution is -2.91. The van der Waals surface area contributed by atoms with Gasteiger partial charge in [0.05, 0.1) is 18.9 Å². The Kier molecular flexibility index (Phi) is 3.49. The second kappa shape index (κ2) is 4.20. The van der Waals surface area contributed by atoms with Crippen LogP contribution in [0.2, 0.25) is 0 Å². The average molecular weight is 194 g/mol. The predicted molar refractivity (Wildman–Crippen MR) is 45.7 cm³/mol. The first-order valence-electron chi connectivity index (χ1n) is 4.17. The summed E-state index contributed by atoms with van der Waals surface area (Å²) in [4.78, 5) is 0. The molecule has 0 unspecified atom stereocenters. The van der Waals surface area contributed by atoms with Gasteiger partial charge in [-0.2, -0.15) is 0 Å². The summed E-state index contributed by atoms with van der Waals surface area (Å²) in [7, 11) is -1.05. The Labute approximate surface area is 73.2 Å². The zero-order valence-corrected chi connectivity index (χ0v) is 8.14. The highest BCUT2D eigenvalue weighted by Gasteiger charge is 2.29. The van der Waals surface area contributed by atoms with Gasteiger partial charge >= 0.3 is 0 Å². The SMILES string of the molecule is COCC[NH2+][C@@H]1CCS(=O)(=O)C1. The highest BCUT2D eigenvalue weighted by Crippen LogP contribution is 2.07. The van der Waals surface area contributed by atoms with Crippen LogP contribution < -0.4 is 5.32 Å². The molecule has 0 spiro atoms. The number of methoxy groups -OCH3 is 1. The van der Waals surface area contributed by atoms with Gasteiger partial charge in [0, 0.05) is 13.5 Å². The molecule has 1 saturated heterocycles. The number of ether oxygens (including phenoxy) is 1. The van der Waals surface area contributed by atoms with E-state index in [-0.39, 0.29) is 6.04 Å². The molecule has 0 aromatic rings. The maximum absolute atomic E-state index is 11.0. The number of hydrogen-bond acceptors (Lipinski definition) is 3. The lowest BCUT2D eigenvalue weighted by atomic mass is 10.3.